The summed E-state index contributed by atoms with van der Waals surface area (Å²) in [4.78, 5) is 0. The van der Waals surface area contributed by atoms with Crippen molar-refractivity contribution in [3.05, 3.63) is 64.2 Å². The summed E-state index contributed by atoms with van der Waals surface area (Å²) in [7, 11) is 0. The zero-order chi connectivity index (χ0) is 22.0. The minimum Gasteiger partial charge on any atom is -0.488 e. The molecule has 4 N–H and O–H groups in total. The van der Waals surface area contributed by atoms with Crippen LogP contribution in [0.25, 0.3) is 0 Å². The van der Waals surface area contributed by atoms with Crippen molar-refractivity contribution in [1.82, 2.24) is 0 Å². The second-order valence-electron chi connectivity index (χ2n) is 8.03. The molecule has 0 spiro atoms. The number of halogens is 1. The first kappa shape index (κ1) is 22.5. The maximum absolute atomic E-state index is 10.4. The summed E-state index contributed by atoms with van der Waals surface area (Å²) in [6.45, 7) is 0.776. The highest BCUT2D eigenvalue weighted by molar-refractivity contribution is 6.31. The van der Waals surface area contributed by atoms with Gasteiger partial charge in [-0.05, 0) is 41.3 Å². The van der Waals surface area contributed by atoms with Crippen molar-refractivity contribution in [2.24, 2.45) is 0 Å². The van der Waals surface area contributed by atoms with Crippen molar-refractivity contribution in [2.45, 2.75) is 49.5 Å². The molecule has 4 rings (SSSR count). The highest BCUT2D eigenvalue weighted by Crippen LogP contribution is 2.36. The molecular weight excluding hydrogens is 424 g/mol. The summed E-state index contributed by atoms with van der Waals surface area (Å²) in [5.41, 5.74) is 2.52. The highest BCUT2D eigenvalue weighted by atomic mass is 35.5. The standard InChI is InChI=1S/C23H27ClO7/c24-18-6-3-14(22-20(27)21(28)23(31-22)19(26)11-25)10-15(18)9-13-1-4-16(5-2-13)30-17-7-8-29-12-17/h1-6,10,17,19-23,25-28H,7-9,11-12H2/t17-,19+,20+,21-,22?,23?/m0/s1. The lowest BCUT2D eigenvalue weighted by Gasteiger charge is -2.19. The zero-order valence-electron chi connectivity index (χ0n) is 16.9. The van der Waals surface area contributed by atoms with Crippen LogP contribution in [0, 0.1) is 0 Å². The molecule has 168 valence electrons. The maximum atomic E-state index is 10.4. The second-order valence-corrected chi connectivity index (χ2v) is 8.43. The average Bonchev–Trinajstić information content (AvgIpc) is 3.39. The molecule has 2 aliphatic rings. The third-order valence-corrected chi connectivity index (χ3v) is 6.14. The van der Waals surface area contributed by atoms with Crippen LogP contribution in [0.5, 0.6) is 5.75 Å². The Hall–Kier alpha value is -1.71. The van der Waals surface area contributed by atoms with Crippen LogP contribution in [0.1, 0.15) is 29.2 Å². The van der Waals surface area contributed by atoms with E-state index in [0.717, 1.165) is 29.9 Å². The fourth-order valence-electron chi connectivity index (χ4n) is 4.01. The predicted molar refractivity (Wildman–Crippen MR) is 113 cm³/mol. The Bertz CT molecular complexity index is 869. The van der Waals surface area contributed by atoms with Gasteiger partial charge in [0.05, 0.1) is 19.8 Å². The van der Waals surface area contributed by atoms with E-state index in [1.54, 1.807) is 12.1 Å². The summed E-state index contributed by atoms with van der Waals surface area (Å²) in [6.07, 6.45) is -4.15. The van der Waals surface area contributed by atoms with Gasteiger partial charge in [0.2, 0.25) is 0 Å². The number of ether oxygens (including phenoxy) is 3. The Morgan fingerprint density at radius 3 is 2.55 bits per heavy atom. The molecule has 2 heterocycles. The fourth-order valence-corrected chi connectivity index (χ4v) is 4.20. The van der Waals surface area contributed by atoms with Gasteiger partial charge >= 0.3 is 0 Å². The average molecular weight is 451 g/mol. The van der Waals surface area contributed by atoms with Gasteiger partial charge in [0.25, 0.3) is 0 Å². The molecule has 2 fully saturated rings. The van der Waals surface area contributed by atoms with Gasteiger partial charge in [0.15, 0.2) is 0 Å². The third kappa shape index (κ3) is 5.04. The van der Waals surface area contributed by atoms with Crippen LogP contribution < -0.4 is 4.74 Å². The second kappa shape index (κ2) is 9.83. The van der Waals surface area contributed by atoms with Crippen LogP contribution in [0.3, 0.4) is 0 Å². The largest absolute Gasteiger partial charge is 0.488 e. The van der Waals surface area contributed by atoms with Gasteiger partial charge in [-0.2, -0.15) is 0 Å². The van der Waals surface area contributed by atoms with Crippen molar-refractivity contribution in [1.29, 1.82) is 0 Å². The molecule has 2 aromatic carbocycles. The van der Waals surface area contributed by atoms with E-state index in [4.69, 9.17) is 30.9 Å². The van der Waals surface area contributed by atoms with Gasteiger partial charge in [0, 0.05) is 11.4 Å². The number of aliphatic hydroxyl groups is 4. The first-order chi connectivity index (χ1) is 15.0. The summed E-state index contributed by atoms with van der Waals surface area (Å²) in [5, 5.41) is 40.1. The first-order valence-corrected chi connectivity index (χ1v) is 10.8. The number of benzene rings is 2. The van der Waals surface area contributed by atoms with Gasteiger partial charge in [-0.25, -0.2) is 0 Å². The van der Waals surface area contributed by atoms with Crippen molar-refractivity contribution in [2.75, 3.05) is 19.8 Å². The predicted octanol–water partition coefficient (Wildman–Crippen LogP) is 1.61. The molecule has 2 saturated heterocycles. The summed E-state index contributed by atoms with van der Waals surface area (Å²) in [6, 6.07) is 13.1. The van der Waals surface area contributed by atoms with E-state index >= 15 is 0 Å². The minimum absolute atomic E-state index is 0.0957. The van der Waals surface area contributed by atoms with Gasteiger partial charge < -0.3 is 34.6 Å². The molecule has 0 aromatic heterocycles. The lowest BCUT2D eigenvalue weighted by molar-refractivity contribution is -0.0820. The Labute approximate surface area is 185 Å². The number of rotatable bonds is 7. The molecule has 0 bridgehead atoms. The van der Waals surface area contributed by atoms with E-state index in [9.17, 15) is 15.3 Å². The van der Waals surface area contributed by atoms with E-state index in [2.05, 4.69) is 0 Å². The Balaban J connectivity index is 1.47. The van der Waals surface area contributed by atoms with Gasteiger partial charge in [0.1, 0.15) is 42.4 Å². The molecule has 0 radical (unpaired) electrons. The molecule has 31 heavy (non-hydrogen) atoms. The molecule has 0 saturated carbocycles. The fraction of sp³-hybridized carbons (Fsp3) is 0.478. The summed E-state index contributed by atoms with van der Waals surface area (Å²) in [5.74, 6) is 0.795. The lowest BCUT2D eigenvalue weighted by Crippen LogP contribution is -2.40. The maximum Gasteiger partial charge on any atom is 0.124 e. The number of aliphatic hydroxyl groups excluding tert-OH is 4. The van der Waals surface area contributed by atoms with E-state index < -0.39 is 37.1 Å². The van der Waals surface area contributed by atoms with Crippen molar-refractivity contribution in [3.63, 3.8) is 0 Å². The number of hydrogen-bond donors (Lipinski definition) is 4. The van der Waals surface area contributed by atoms with E-state index in [-0.39, 0.29) is 6.10 Å². The van der Waals surface area contributed by atoms with Crippen LogP contribution in [0.2, 0.25) is 5.02 Å². The molecule has 2 aliphatic heterocycles. The van der Waals surface area contributed by atoms with Crippen LogP contribution in [-0.4, -0.2) is 70.8 Å². The molecular formula is C23H27ClO7. The molecule has 2 unspecified atom stereocenters. The van der Waals surface area contributed by atoms with E-state index in [0.29, 0.717) is 23.6 Å². The highest BCUT2D eigenvalue weighted by Gasteiger charge is 2.46. The smallest absolute Gasteiger partial charge is 0.124 e. The summed E-state index contributed by atoms with van der Waals surface area (Å²) >= 11 is 6.40. The van der Waals surface area contributed by atoms with Crippen LogP contribution in [-0.2, 0) is 15.9 Å². The monoisotopic (exact) mass is 450 g/mol. The molecule has 7 nitrogen and oxygen atoms in total. The van der Waals surface area contributed by atoms with Crippen LogP contribution in [0.4, 0.5) is 0 Å². The first-order valence-electron chi connectivity index (χ1n) is 10.4. The van der Waals surface area contributed by atoms with Gasteiger partial charge in [-0.1, -0.05) is 35.9 Å². The number of hydrogen-bond acceptors (Lipinski definition) is 7. The Morgan fingerprint density at radius 1 is 1.10 bits per heavy atom. The van der Waals surface area contributed by atoms with Gasteiger partial charge in [-0.3, -0.25) is 0 Å². The van der Waals surface area contributed by atoms with E-state index in [1.807, 2.05) is 30.3 Å². The summed E-state index contributed by atoms with van der Waals surface area (Å²) < 4.78 is 16.9. The van der Waals surface area contributed by atoms with Crippen LogP contribution in [0.15, 0.2) is 42.5 Å². The van der Waals surface area contributed by atoms with Crippen molar-refractivity contribution >= 4 is 11.6 Å². The van der Waals surface area contributed by atoms with E-state index in [1.165, 1.54) is 0 Å². The van der Waals surface area contributed by atoms with Crippen LogP contribution >= 0.6 is 11.6 Å². The molecule has 2 aromatic rings. The molecule has 0 aliphatic carbocycles. The normalized spacial score (nSPS) is 29.3. The molecule has 8 heteroatoms. The Kier molecular flexibility index (Phi) is 7.13. The lowest BCUT2D eigenvalue weighted by atomic mass is 9.96. The zero-order valence-corrected chi connectivity index (χ0v) is 17.7. The molecule has 6 atom stereocenters. The molecule has 0 amide bonds. The topological polar surface area (TPSA) is 109 Å². The Morgan fingerprint density at radius 2 is 1.87 bits per heavy atom. The quantitative estimate of drug-likeness (QED) is 0.507. The van der Waals surface area contributed by atoms with Crippen molar-refractivity contribution in [3.8, 4) is 5.75 Å². The minimum atomic E-state index is -1.30. The third-order valence-electron chi connectivity index (χ3n) is 5.77. The SMILES string of the molecule is OC[C@@H](O)C1OC(c2ccc(Cl)c(Cc3ccc(O[C@H]4CCOC4)cc3)c2)[C@H](O)[C@@H]1O. The van der Waals surface area contributed by atoms with Crippen molar-refractivity contribution < 1.29 is 34.6 Å². The van der Waals surface area contributed by atoms with Gasteiger partial charge in [-0.15, -0.1) is 0 Å².